The van der Waals surface area contributed by atoms with Gasteiger partial charge in [0.1, 0.15) is 12.7 Å². The second-order valence-corrected chi connectivity index (χ2v) is 5.96. The van der Waals surface area contributed by atoms with Crippen LogP contribution < -0.4 is 5.32 Å². The minimum atomic E-state index is 0.541. The van der Waals surface area contributed by atoms with Crippen LogP contribution in [0.1, 0.15) is 13.3 Å². The molecule has 0 radical (unpaired) electrons. The van der Waals surface area contributed by atoms with Gasteiger partial charge in [0.2, 0.25) is 0 Å². The number of rotatable bonds is 3. The predicted octanol–water partition coefficient (Wildman–Crippen LogP) is 2.57. The van der Waals surface area contributed by atoms with Crippen molar-refractivity contribution in [2.75, 3.05) is 11.1 Å². The molecule has 1 aromatic carbocycles. The first-order valence-corrected chi connectivity index (χ1v) is 7.21. The molecule has 1 fully saturated rings. The molecule has 4 nitrogen and oxygen atoms in total. The lowest BCUT2D eigenvalue weighted by molar-refractivity contribution is 0.721. The summed E-state index contributed by atoms with van der Waals surface area (Å²) in [6.45, 7) is 2.29. The number of aromatic nitrogens is 3. The SMILES string of the molecule is CC1SCCC1Nc1ccccc1-n1cncn1. The van der Waals surface area contributed by atoms with E-state index in [4.69, 9.17) is 0 Å². The van der Waals surface area contributed by atoms with Gasteiger partial charge in [-0.25, -0.2) is 9.67 Å². The smallest absolute Gasteiger partial charge is 0.138 e. The Kier molecular flexibility index (Phi) is 3.23. The Morgan fingerprint density at radius 3 is 3.00 bits per heavy atom. The van der Waals surface area contributed by atoms with E-state index in [1.165, 1.54) is 12.2 Å². The van der Waals surface area contributed by atoms with E-state index < -0.39 is 0 Å². The minimum absolute atomic E-state index is 0.541. The normalized spacial score (nSPS) is 23.2. The van der Waals surface area contributed by atoms with Crippen molar-refractivity contribution in [2.24, 2.45) is 0 Å². The van der Waals surface area contributed by atoms with Crippen molar-refractivity contribution in [1.29, 1.82) is 0 Å². The van der Waals surface area contributed by atoms with Crippen LogP contribution in [0, 0.1) is 0 Å². The Balaban J connectivity index is 1.88. The first-order chi connectivity index (χ1) is 8.84. The molecule has 5 heteroatoms. The Morgan fingerprint density at radius 2 is 2.28 bits per heavy atom. The molecule has 0 aliphatic carbocycles. The van der Waals surface area contributed by atoms with Crippen LogP contribution in [0.3, 0.4) is 0 Å². The molecule has 0 saturated carbocycles. The van der Waals surface area contributed by atoms with Gasteiger partial charge in [-0.15, -0.1) is 0 Å². The summed E-state index contributed by atoms with van der Waals surface area (Å²) in [6.07, 6.45) is 4.51. The molecule has 0 bridgehead atoms. The van der Waals surface area contributed by atoms with Crippen LogP contribution in [0.25, 0.3) is 5.69 Å². The highest BCUT2D eigenvalue weighted by atomic mass is 32.2. The van der Waals surface area contributed by atoms with Crippen LogP contribution in [0.5, 0.6) is 0 Å². The van der Waals surface area contributed by atoms with E-state index in [-0.39, 0.29) is 0 Å². The number of thioether (sulfide) groups is 1. The van der Waals surface area contributed by atoms with Crippen molar-refractivity contribution >= 4 is 17.4 Å². The molecule has 94 valence electrons. The van der Waals surface area contributed by atoms with Crippen LogP contribution in [0.15, 0.2) is 36.9 Å². The second-order valence-electron chi connectivity index (χ2n) is 4.47. The third-order valence-corrected chi connectivity index (χ3v) is 4.61. The highest BCUT2D eigenvalue weighted by Gasteiger charge is 2.24. The van der Waals surface area contributed by atoms with Crippen molar-refractivity contribution < 1.29 is 0 Å². The fourth-order valence-corrected chi connectivity index (χ4v) is 3.45. The summed E-state index contributed by atoms with van der Waals surface area (Å²) in [6, 6.07) is 8.78. The van der Waals surface area contributed by atoms with Crippen LogP contribution in [0.2, 0.25) is 0 Å². The highest BCUT2D eigenvalue weighted by molar-refractivity contribution is 8.00. The molecule has 1 saturated heterocycles. The summed E-state index contributed by atoms with van der Waals surface area (Å²) in [5, 5.41) is 8.50. The average Bonchev–Trinajstić information content (AvgIpc) is 3.03. The fraction of sp³-hybridized carbons (Fsp3) is 0.385. The number of para-hydroxylation sites is 2. The van der Waals surface area contributed by atoms with Crippen LogP contribution in [-0.2, 0) is 0 Å². The summed E-state index contributed by atoms with van der Waals surface area (Å²) >= 11 is 2.03. The second kappa shape index (κ2) is 5.02. The van der Waals surface area contributed by atoms with Gasteiger partial charge in [0.15, 0.2) is 0 Å². The quantitative estimate of drug-likeness (QED) is 0.921. The van der Waals surface area contributed by atoms with Crippen molar-refractivity contribution in [2.45, 2.75) is 24.6 Å². The standard InChI is InChI=1S/C13H16N4S/c1-10-11(6-7-18-10)16-12-4-2-3-5-13(12)17-9-14-8-15-17/h2-5,8-11,16H,6-7H2,1H3. The lowest BCUT2D eigenvalue weighted by atomic mass is 10.1. The summed E-state index contributed by atoms with van der Waals surface area (Å²) < 4.78 is 1.80. The molecular weight excluding hydrogens is 244 g/mol. The zero-order valence-corrected chi connectivity index (χ0v) is 11.1. The van der Waals surface area contributed by atoms with Gasteiger partial charge in [0.05, 0.1) is 11.4 Å². The van der Waals surface area contributed by atoms with Gasteiger partial charge in [-0.3, -0.25) is 0 Å². The Labute approximate surface area is 111 Å². The first kappa shape index (κ1) is 11.6. The van der Waals surface area contributed by atoms with Gasteiger partial charge in [0, 0.05) is 11.3 Å². The minimum Gasteiger partial charge on any atom is -0.379 e. The van der Waals surface area contributed by atoms with Crippen molar-refractivity contribution in [3.8, 4) is 5.69 Å². The summed E-state index contributed by atoms with van der Waals surface area (Å²) in [4.78, 5) is 4.01. The van der Waals surface area contributed by atoms with Gasteiger partial charge in [0.25, 0.3) is 0 Å². The molecule has 0 amide bonds. The Hall–Kier alpha value is -1.49. The molecule has 3 rings (SSSR count). The van der Waals surface area contributed by atoms with E-state index in [0.717, 1.165) is 11.4 Å². The largest absolute Gasteiger partial charge is 0.379 e. The van der Waals surface area contributed by atoms with Gasteiger partial charge in [-0.1, -0.05) is 19.1 Å². The molecule has 2 unspecified atom stereocenters. The van der Waals surface area contributed by atoms with Crippen molar-refractivity contribution in [1.82, 2.24) is 14.8 Å². The van der Waals surface area contributed by atoms with Crippen LogP contribution >= 0.6 is 11.8 Å². The topological polar surface area (TPSA) is 42.7 Å². The number of anilines is 1. The molecule has 2 atom stereocenters. The van der Waals surface area contributed by atoms with E-state index in [2.05, 4.69) is 40.5 Å². The molecule has 2 heterocycles. The number of nitrogens with zero attached hydrogens (tertiary/aromatic N) is 3. The maximum Gasteiger partial charge on any atom is 0.138 e. The maximum atomic E-state index is 4.20. The summed E-state index contributed by atoms with van der Waals surface area (Å²) in [7, 11) is 0. The van der Waals surface area contributed by atoms with E-state index >= 15 is 0 Å². The van der Waals surface area contributed by atoms with E-state index in [0.29, 0.717) is 11.3 Å². The van der Waals surface area contributed by atoms with Crippen molar-refractivity contribution in [3.63, 3.8) is 0 Å². The highest BCUT2D eigenvalue weighted by Crippen LogP contribution is 2.30. The predicted molar refractivity (Wildman–Crippen MR) is 75.3 cm³/mol. The number of hydrogen-bond donors (Lipinski definition) is 1. The summed E-state index contributed by atoms with van der Waals surface area (Å²) in [5.41, 5.74) is 2.18. The molecule has 1 aromatic heterocycles. The molecule has 18 heavy (non-hydrogen) atoms. The molecule has 1 aliphatic heterocycles. The Bertz CT molecular complexity index is 511. The summed E-state index contributed by atoms with van der Waals surface area (Å²) in [5.74, 6) is 1.24. The van der Waals surface area contributed by atoms with Gasteiger partial charge < -0.3 is 5.32 Å². The monoisotopic (exact) mass is 260 g/mol. The van der Waals surface area contributed by atoms with E-state index in [9.17, 15) is 0 Å². The number of benzene rings is 1. The maximum absolute atomic E-state index is 4.20. The van der Waals surface area contributed by atoms with Crippen LogP contribution in [-0.4, -0.2) is 31.8 Å². The lowest BCUT2D eigenvalue weighted by Gasteiger charge is -2.20. The zero-order valence-electron chi connectivity index (χ0n) is 10.3. The first-order valence-electron chi connectivity index (χ1n) is 6.17. The zero-order chi connectivity index (χ0) is 12.4. The van der Waals surface area contributed by atoms with E-state index in [1.807, 2.05) is 17.8 Å². The van der Waals surface area contributed by atoms with Gasteiger partial charge in [-0.2, -0.15) is 16.9 Å². The number of nitrogens with one attached hydrogen (secondary N) is 1. The van der Waals surface area contributed by atoms with Gasteiger partial charge in [-0.05, 0) is 24.3 Å². The Morgan fingerprint density at radius 1 is 1.39 bits per heavy atom. The molecule has 1 N–H and O–H groups in total. The molecule has 0 spiro atoms. The third kappa shape index (κ3) is 2.22. The average molecular weight is 260 g/mol. The number of hydrogen-bond acceptors (Lipinski definition) is 4. The van der Waals surface area contributed by atoms with Crippen LogP contribution in [0.4, 0.5) is 5.69 Å². The van der Waals surface area contributed by atoms with Gasteiger partial charge >= 0.3 is 0 Å². The molecular formula is C13H16N4S. The van der Waals surface area contributed by atoms with Crippen molar-refractivity contribution in [3.05, 3.63) is 36.9 Å². The lowest BCUT2D eigenvalue weighted by Crippen LogP contribution is -2.25. The third-order valence-electron chi connectivity index (χ3n) is 3.29. The van der Waals surface area contributed by atoms with E-state index in [1.54, 1.807) is 17.3 Å². The molecule has 2 aromatic rings. The fourth-order valence-electron chi connectivity index (χ4n) is 2.25. The molecule has 1 aliphatic rings.